The maximum Gasteiger partial charge on any atom is 0.460 e. The Morgan fingerprint density at radius 2 is 1.30 bits per heavy atom. The van der Waals surface area contributed by atoms with E-state index >= 15 is 0 Å². The zero-order valence-electron chi connectivity index (χ0n) is 17.9. The van der Waals surface area contributed by atoms with E-state index in [1.807, 2.05) is 0 Å². The van der Waals surface area contributed by atoms with Crippen LogP contribution < -0.4 is 0 Å². The summed E-state index contributed by atoms with van der Waals surface area (Å²) in [6.45, 7) is 0. The molecule has 16 heteroatoms. The van der Waals surface area contributed by atoms with Crippen molar-refractivity contribution >= 4 is 55.0 Å². The maximum atomic E-state index is 14.9. The van der Waals surface area contributed by atoms with Gasteiger partial charge in [-0.1, -0.05) is 86.1 Å². The summed E-state index contributed by atoms with van der Waals surface area (Å²) < 4.78 is 92.5. The summed E-state index contributed by atoms with van der Waals surface area (Å²) >= 11 is 5.25. The van der Waals surface area contributed by atoms with Crippen LogP contribution in [0.2, 0.25) is 0 Å². The zero-order valence-corrected chi connectivity index (χ0v) is 21.9. The first kappa shape index (κ1) is 29.4. The van der Waals surface area contributed by atoms with Crippen molar-refractivity contribution in [2.24, 2.45) is 0 Å². The number of benzene rings is 2. The van der Waals surface area contributed by atoms with E-state index in [1.54, 1.807) is 0 Å². The molecule has 0 amide bonds. The van der Waals surface area contributed by atoms with Crippen LogP contribution in [0, 0.1) is 20.2 Å². The highest BCUT2D eigenvalue weighted by Gasteiger charge is 2.75. The normalized spacial score (nSPS) is 22.9. The molecule has 0 aliphatic heterocycles. The Labute approximate surface area is 224 Å². The van der Waals surface area contributed by atoms with Crippen molar-refractivity contribution in [2.45, 2.75) is 39.3 Å². The lowest BCUT2D eigenvalue weighted by Gasteiger charge is -2.44. The van der Waals surface area contributed by atoms with Gasteiger partial charge in [0.2, 0.25) is 0 Å². The third-order valence-electron chi connectivity index (χ3n) is 5.55. The summed E-state index contributed by atoms with van der Waals surface area (Å²) in [5.41, 5.74) is -2.01. The van der Waals surface area contributed by atoms with Crippen LogP contribution in [-0.4, -0.2) is 27.2 Å². The predicted octanol–water partition coefficient (Wildman–Crippen LogP) is 8.58. The van der Waals surface area contributed by atoms with Crippen molar-refractivity contribution < 1.29 is 40.6 Å². The Morgan fingerprint density at radius 1 is 0.838 bits per heavy atom. The minimum atomic E-state index is -6.65. The molecule has 37 heavy (non-hydrogen) atoms. The van der Waals surface area contributed by atoms with Crippen molar-refractivity contribution in [1.82, 2.24) is 0 Å². The van der Waals surface area contributed by atoms with Gasteiger partial charge in [-0.15, -0.1) is 0 Å². The van der Waals surface area contributed by atoms with Crippen molar-refractivity contribution in [1.29, 1.82) is 0 Å². The smallest absolute Gasteiger partial charge is 0.258 e. The molecule has 0 aromatic heterocycles. The molecule has 0 saturated heterocycles. The molecule has 2 unspecified atom stereocenters. The summed E-state index contributed by atoms with van der Waals surface area (Å²) in [5.74, 6) is -6.52. The standard InChI is InChI=1S/C21H13Br2F7N2O4S/c22-12-9-17(23,13-5-1-3-7-15(13)31(33)34)11-18(10-12,14-6-2-4-8-16(14)32(35)36)37-21(29,30)19(24,25)20(26,27)28/h1-8,10H,9,11H2. The predicted molar refractivity (Wildman–Crippen MR) is 128 cm³/mol. The number of rotatable bonds is 7. The van der Waals surface area contributed by atoms with Crippen molar-refractivity contribution in [3.8, 4) is 0 Å². The molecule has 2 aromatic carbocycles. The molecule has 0 spiro atoms. The number of nitro benzene ring substituents is 2. The van der Waals surface area contributed by atoms with Crippen molar-refractivity contribution in [3.05, 3.63) is 90.4 Å². The topological polar surface area (TPSA) is 86.3 Å². The molecule has 3 rings (SSSR count). The quantitative estimate of drug-likeness (QED) is 0.126. The maximum absolute atomic E-state index is 14.9. The summed E-state index contributed by atoms with van der Waals surface area (Å²) in [6.07, 6.45) is -6.72. The van der Waals surface area contributed by atoms with Crippen LogP contribution in [0.25, 0.3) is 0 Å². The highest BCUT2D eigenvalue weighted by molar-refractivity contribution is 9.12. The van der Waals surface area contributed by atoms with Gasteiger partial charge in [0, 0.05) is 23.3 Å². The first-order valence-corrected chi connectivity index (χ1v) is 12.3. The van der Waals surface area contributed by atoms with Gasteiger partial charge in [0.1, 0.15) is 0 Å². The molecule has 2 aromatic rings. The fourth-order valence-corrected chi connectivity index (χ4v) is 8.21. The molecule has 0 radical (unpaired) electrons. The Bertz CT molecular complexity index is 1280. The number of hydrogen-bond acceptors (Lipinski definition) is 5. The van der Waals surface area contributed by atoms with Crippen LogP contribution in [0.5, 0.6) is 0 Å². The van der Waals surface area contributed by atoms with Crippen LogP contribution >= 0.6 is 43.6 Å². The van der Waals surface area contributed by atoms with E-state index in [2.05, 4.69) is 31.9 Å². The molecule has 0 bridgehead atoms. The van der Waals surface area contributed by atoms with Gasteiger partial charge in [-0.2, -0.15) is 30.7 Å². The van der Waals surface area contributed by atoms with Crippen LogP contribution in [0.1, 0.15) is 24.0 Å². The monoisotopic (exact) mass is 680 g/mol. The first-order valence-electron chi connectivity index (χ1n) is 9.93. The van der Waals surface area contributed by atoms with Gasteiger partial charge < -0.3 is 0 Å². The van der Waals surface area contributed by atoms with Crippen LogP contribution in [0.4, 0.5) is 42.1 Å². The highest BCUT2D eigenvalue weighted by Crippen LogP contribution is 2.65. The van der Waals surface area contributed by atoms with Crippen LogP contribution in [0.3, 0.4) is 0 Å². The Kier molecular flexibility index (Phi) is 7.80. The van der Waals surface area contributed by atoms with Crippen LogP contribution in [0.15, 0.2) is 59.1 Å². The number of halogens is 9. The minimum Gasteiger partial charge on any atom is -0.258 e. The lowest BCUT2D eigenvalue weighted by Crippen LogP contribution is -2.52. The highest BCUT2D eigenvalue weighted by atomic mass is 79.9. The second-order valence-electron chi connectivity index (χ2n) is 8.04. The van der Waals surface area contributed by atoms with E-state index in [0.717, 1.165) is 30.3 Å². The minimum absolute atomic E-state index is 0.0226. The molecule has 0 fully saturated rings. The van der Waals surface area contributed by atoms with E-state index in [1.165, 1.54) is 24.3 Å². The van der Waals surface area contributed by atoms with E-state index in [9.17, 15) is 51.0 Å². The molecule has 1 aliphatic rings. The number of thioether (sulfide) groups is 1. The molecule has 0 heterocycles. The number of nitro groups is 2. The fraction of sp³-hybridized carbons (Fsp3) is 0.333. The lowest BCUT2D eigenvalue weighted by atomic mass is 9.77. The molecule has 1 aliphatic carbocycles. The Morgan fingerprint density at radius 3 is 1.78 bits per heavy atom. The van der Waals surface area contributed by atoms with Crippen molar-refractivity contribution in [2.75, 3.05) is 0 Å². The molecule has 2 atom stereocenters. The molecule has 0 N–H and O–H groups in total. The largest absolute Gasteiger partial charge is 0.460 e. The molecular weight excluding hydrogens is 669 g/mol. The SMILES string of the molecule is O=[N+]([O-])c1ccccc1C1(Br)CC(Br)=CC(SC(F)(F)C(F)(F)C(F)(F)F)(c2ccccc2[N+](=O)[O-])C1. The van der Waals surface area contributed by atoms with Gasteiger partial charge in [-0.05, 0) is 17.3 Å². The summed E-state index contributed by atoms with van der Waals surface area (Å²) in [4.78, 5) is 21.6. The summed E-state index contributed by atoms with van der Waals surface area (Å²) in [6, 6.07) is 9.22. The van der Waals surface area contributed by atoms with Gasteiger partial charge in [-0.25, -0.2) is 0 Å². The summed E-state index contributed by atoms with van der Waals surface area (Å²) in [5, 5.41) is 17.6. The van der Waals surface area contributed by atoms with Crippen LogP contribution in [-0.2, 0) is 9.07 Å². The molecular formula is C21H13Br2F7N2O4S. The molecule has 0 saturated carbocycles. The number of allylic oxidation sites excluding steroid dienone is 1. The number of hydrogen-bond donors (Lipinski definition) is 0. The van der Waals surface area contributed by atoms with Crippen molar-refractivity contribution in [3.63, 3.8) is 0 Å². The first-order chi connectivity index (χ1) is 16.9. The van der Waals surface area contributed by atoms with Gasteiger partial charge in [0.05, 0.1) is 18.9 Å². The number of alkyl halides is 8. The fourth-order valence-electron chi connectivity index (χ4n) is 4.05. The second kappa shape index (κ2) is 9.84. The van der Waals surface area contributed by atoms with Gasteiger partial charge in [-0.3, -0.25) is 20.2 Å². The Hall–Kier alpha value is -2.20. The lowest BCUT2D eigenvalue weighted by molar-refractivity contribution is -0.386. The Balaban J connectivity index is 2.34. The zero-order chi connectivity index (χ0) is 28.0. The third-order valence-corrected chi connectivity index (χ3v) is 8.41. The van der Waals surface area contributed by atoms with E-state index in [0.29, 0.717) is 0 Å². The summed E-state index contributed by atoms with van der Waals surface area (Å²) in [7, 11) is 0. The van der Waals surface area contributed by atoms with E-state index in [-0.39, 0.29) is 16.5 Å². The number of para-hydroxylation sites is 2. The average Bonchev–Trinajstić information content (AvgIpc) is 2.77. The second-order valence-corrected chi connectivity index (χ2v) is 12.0. The van der Waals surface area contributed by atoms with Gasteiger partial charge >= 0.3 is 17.4 Å². The molecule has 200 valence electrons. The third kappa shape index (κ3) is 5.37. The van der Waals surface area contributed by atoms with E-state index in [4.69, 9.17) is 0 Å². The number of nitrogens with zero attached hydrogens (tertiary/aromatic N) is 2. The van der Waals surface area contributed by atoms with E-state index < -0.39 is 71.4 Å². The van der Waals surface area contributed by atoms with Gasteiger partial charge in [0.15, 0.2) is 0 Å². The molecule has 6 nitrogen and oxygen atoms in total. The van der Waals surface area contributed by atoms with Gasteiger partial charge in [0.25, 0.3) is 11.4 Å². The average molecular weight is 682 g/mol.